The zero-order valence-electron chi connectivity index (χ0n) is 9.20. The molecule has 0 atom stereocenters. The van der Waals surface area contributed by atoms with Gasteiger partial charge >= 0.3 is 24.1 Å². The standard InChI is InChI=1S/C10H5F9O/c11-7(12,9(15,16)17)8(13,14)10(18,19)20-6-4-2-1-3-5-6/h1-5H. The van der Waals surface area contributed by atoms with E-state index in [9.17, 15) is 39.5 Å². The highest BCUT2D eigenvalue weighted by atomic mass is 19.4. The first-order valence-corrected chi connectivity index (χ1v) is 4.77. The lowest BCUT2D eigenvalue weighted by molar-refractivity contribution is -0.428. The highest BCUT2D eigenvalue weighted by Gasteiger charge is 2.83. The molecule has 0 saturated carbocycles. The lowest BCUT2D eigenvalue weighted by atomic mass is 10.1. The van der Waals surface area contributed by atoms with E-state index >= 15 is 0 Å². The highest BCUT2D eigenvalue weighted by molar-refractivity contribution is 5.22. The molecule has 0 heterocycles. The third-order valence-electron chi connectivity index (χ3n) is 2.11. The quantitative estimate of drug-likeness (QED) is 0.744. The van der Waals surface area contributed by atoms with Crippen LogP contribution in [0.25, 0.3) is 0 Å². The molecular formula is C10H5F9O. The molecule has 0 saturated heterocycles. The maximum absolute atomic E-state index is 13.0. The Morgan fingerprint density at radius 3 is 1.50 bits per heavy atom. The molecule has 0 aliphatic heterocycles. The van der Waals surface area contributed by atoms with Gasteiger partial charge in [-0.1, -0.05) is 18.2 Å². The predicted molar refractivity (Wildman–Crippen MR) is 48.0 cm³/mol. The zero-order chi connectivity index (χ0) is 15.8. The molecule has 0 aliphatic rings. The predicted octanol–water partition coefficient (Wildman–Crippen LogP) is 4.49. The molecule has 1 aromatic rings. The van der Waals surface area contributed by atoms with E-state index in [2.05, 4.69) is 4.74 Å². The van der Waals surface area contributed by atoms with Crippen molar-refractivity contribution in [2.75, 3.05) is 0 Å². The average Bonchev–Trinajstić information content (AvgIpc) is 2.27. The van der Waals surface area contributed by atoms with E-state index in [4.69, 9.17) is 0 Å². The first-order valence-electron chi connectivity index (χ1n) is 4.77. The van der Waals surface area contributed by atoms with E-state index in [0.717, 1.165) is 12.1 Å². The minimum absolute atomic E-state index is 0.690. The van der Waals surface area contributed by atoms with Gasteiger partial charge in [0.15, 0.2) is 0 Å². The van der Waals surface area contributed by atoms with Crippen LogP contribution in [0.5, 0.6) is 5.75 Å². The molecule has 20 heavy (non-hydrogen) atoms. The molecule has 0 radical (unpaired) electrons. The lowest BCUT2D eigenvalue weighted by Gasteiger charge is -2.32. The van der Waals surface area contributed by atoms with Crippen LogP contribution in [0.4, 0.5) is 39.5 Å². The molecule has 0 N–H and O–H groups in total. The molecule has 1 rings (SSSR count). The fraction of sp³-hybridized carbons (Fsp3) is 0.400. The molecule has 0 spiro atoms. The Kier molecular flexibility index (Phi) is 3.90. The maximum atomic E-state index is 13.0. The van der Waals surface area contributed by atoms with E-state index in [1.807, 2.05) is 0 Å². The molecule has 0 aromatic heterocycles. The largest absolute Gasteiger partial charge is 0.471 e. The van der Waals surface area contributed by atoms with Crippen LogP contribution in [0.15, 0.2) is 30.3 Å². The summed E-state index contributed by atoms with van der Waals surface area (Å²) in [7, 11) is 0. The summed E-state index contributed by atoms with van der Waals surface area (Å²) in [6.45, 7) is 0. The third-order valence-corrected chi connectivity index (χ3v) is 2.11. The van der Waals surface area contributed by atoms with Gasteiger partial charge in [-0.15, -0.1) is 0 Å². The number of hydrogen-bond acceptors (Lipinski definition) is 1. The Bertz CT molecular complexity index is 452. The first kappa shape index (κ1) is 16.4. The summed E-state index contributed by atoms with van der Waals surface area (Å²) >= 11 is 0. The smallest absolute Gasteiger partial charge is 0.428 e. The van der Waals surface area contributed by atoms with E-state index in [1.165, 1.54) is 6.07 Å². The van der Waals surface area contributed by atoms with Crippen LogP contribution in [0.2, 0.25) is 0 Å². The van der Waals surface area contributed by atoms with Crippen LogP contribution in [0.1, 0.15) is 0 Å². The second-order valence-electron chi connectivity index (χ2n) is 3.58. The molecule has 114 valence electrons. The van der Waals surface area contributed by atoms with E-state index < -0.39 is 29.9 Å². The molecule has 0 aliphatic carbocycles. The number of alkyl halides is 9. The Labute approximate surface area is 105 Å². The van der Waals surface area contributed by atoms with Crippen LogP contribution in [-0.4, -0.2) is 24.1 Å². The van der Waals surface area contributed by atoms with Crippen LogP contribution >= 0.6 is 0 Å². The Morgan fingerprint density at radius 2 is 1.10 bits per heavy atom. The van der Waals surface area contributed by atoms with Crippen molar-refractivity contribution in [1.29, 1.82) is 0 Å². The van der Waals surface area contributed by atoms with Gasteiger partial charge in [-0.05, 0) is 12.1 Å². The van der Waals surface area contributed by atoms with Crippen molar-refractivity contribution < 1.29 is 44.3 Å². The monoisotopic (exact) mass is 312 g/mol. The van der Waals surface area contributed by atoms with Crippen LogP contribution in [0.3, 0.4) is 0 Å². The number of rotatable bonds is 4. The molecule has 1 nitrogen and oxygen atoms in total. The second kappa shape index (κ2) is 4.74. The first-order chi connectivity index (χ1) is 8.83. The molecular weight excluding hydrogens is 307 g/mol. The van der Waals surface area contributed by atoms with E-state index in [0.29, 0.717) is 12.1 Å². The van der Waals surface area contributed by atoms with Crippen molar-refractivity contribution in [3.05, 3.63) is 30.3 Å². The molecule has 0 amide bonds. The number of ether oxygens (including phenoxy) is 1. The Hall–Kier alpha value is -1.61. The van der Waals surface area contributed by atoms with Gasteiger partial charge < -0.3 is 4.74 Å². The summed E-state index contributed by atoms with van der Waals surface area (Å²) in [6, 6.07) is 4.70. The van der Waals surface area contributed by atoms with E-state index in [-0.39, 0.29) is 0 Å². The molecule has 0 unspecified atom stereocenters. The fourth-order valence-corrected chi connectivity index (χ4v) is 1.06. The van der Waals surface area contributed by atoms with Crippen molar-refractivity contribution in [3.63, 3.8) is 0 Å². The van der Waals surface area contributed by atoms with Gasteiger partial charge in [0.05, 0.1) is 0 Å². The van der Waals surface area contributed by atoms with Gasteiger partial charge in [-0.2, -0.15) is 39.5 Å². The number of hydrogen-bond donors (Lipinski definition) is 0. The van der Waals surface area contributed by atoms with E-state index in [1.54, 1.807) is 0 Å². The SMILES string of the molecule is FC(F)(F)C(F)(F)C(F)(F)C(F)(F)Oc1ccccc1. The average molecular weight is 312 g/mol. The Morgan fingerprint density at radius 1 is 0.650 bits per heavy atom. The van der Waals surface area contributed by atoms with Crippen molar-refractivity contribution in [1.82, 2.24) is 0 Å². The third kappa shape index (κ3) is 2.63. The van der Waals surface area contributed by atoms with Crippen LogP contribution in [0, 0.1) is 0 Å². The summed E-state index contributed by atoms with van der Waals surface area (Å²) in [4.78, 5) is 0. The number of benzene rings is 1. The van der Waals surface area contributed by atoms with Crippen molar-refractivity contribution >= 4 is 0 Å². The van der Waals surface area contributed by atoms with Gasteiger partial charge in [0.1, 0.15) is 5.75 Å². The normalized spacial score (nSPS) is 14.2. The van der Waals surface area contributed by atoms with Gasteiger partial charge in [0.2, 0.25) is 0 Å². The van der Waals surface area contributed by atoms with Crippen LogP contribution in [-0.2, 0) is 0 Å². The summed E-state index contributed by atoms with van der Waals surface area (Å²) < 4.78 is 115. The summed E-state index contributed by atoms with van der Waals surface area (Å²) in [5.41, 5.74) is 0. The second-order valence-corrected chi connectivity index (χ2v) is 3.58. The molecule has 0 fully saturated rings. The summed E-state index contributed by atoms with van der Waals surface area (Å²) in [5.74, 6) is -14.7. The maximum Gasteiger partial charge on any atom is 0.471 e. The lowest BCUT2D eigenvalue weighted by Crippen LogP contribution is -2.62. The van der Waals surface area contributed by atoms with Crippen molar-refractivity contribution in [2.45, 2.75) is 24.1 Å². The zero-order valence-corrected chi connectivity index (χ0v) is 9.20. The topological polar surface area (TPSA) is 9.23 Å². The van der Waals surface area contributed by atoms with Gasteiger partial charge in [-0.3, -0.25) is 0 Å². The van der Waals surface area contributed by atoms with Gasteiger partial charge in [0, 0.05) is 0 Å². The molecule has 0 bridgehead atoms. The van der Waals surface area contributed by atoms with Crippen molar-refractivity contribution in [3.8, 4) is 5.75 Å². The van der Waals surface area contributed by atoms with Gasteiger partial charge in [0.25, 0.3) is 0 Å². The molecule has 1 aromatic carbocycles. The van der Waals surface area contributed by atoms with Crippen LogP contribution < -0.4 is 4.74 Å². The summed E-state index contributed by atoms with van der Waals surface area (Å²) in [5, 5.41) is 0. The fourth-order valence-electron chi connectivity index (χ4n) is 1.06. The Balaban J connectivity index is 3.12. The number of halogens is 9. The highest BCUT2D eigenvalue weighted by Crippen LogP contribution is 2.53. The molecule has 10 heteroatoms. The summed E-state index contributed by atoms with van der Waals surface area (Å²) in [6.07, 6.45) is -12.9. The minimum atomic E-state index is -6.96. The van der Waals surface area contributed by atoms with Gasteiger partial charge in [-0.25, -0.2) is 0 Å². The number of para-hydroxylation sites is 1. The minimum Gasteiger partial charge on any atom is -0.428 e. The van der Waals surface area contributed by atoms with Crippen molar-refractivity contribution in [2.24, 2.45) is 0 Å².